The quantitative estimate of drug-likeness (QED) is 0.114. The first-order valence-corrected chi connectivity index (χ1v) is 15.7. The summed E-state index contributed by atoms with van der Waals surface area (Å²) in [7, 11) is -12.2. The molecule has 5 aromatic carbocycles. The van der Waals surface area contributed by atoms with Gasteiger partial charge in [-0.05, 0) is 40.4 Å². The Balaban J connectivity index is 1.37. The van der Waals surface area contributed by atoms with Crippen LogP contribution >= 0.6 is 23.5 Å². The van der Waals surface area contributed by atoms with Crippen molar-refractivity contribution in [2.45, 2.75) is 0 Å². The summed E-state index contributed by atoms with van der Waals surface area (Å²) in [6.07, 6.45) is 0.560. The molecule has 6 aliphatic heterocycles. The van der Waals surface area contributed by atoms with Crippen LogP contribution in [0.3, 0.4) is 0 Å². The Hall–Kier alpha value is -4.30. The van der Waals surface area contributed by atoms with Crippen LogP contribution in [0.5, 0.6) is 51.7 Å². The molecule has 0 N–H and O–H groups in total. The summed E-state index contributed by atoms with van der Waals surface area (Å²) in [6.45, 7) is 0. The van der Waals surface area contributed by atoms with Gasteiger partial charge in [-0.3, -0.25) is 4.79 Å². The minimum absolute atomic E-state index is 0.00470. The molecule has 0 saturated heterocycles. The zero-order chi connectivity index (χ0) is 25.8. The minimum Gasteiger partial charge on any atom is -0.384 e. The van der Waals surface area contributed by atoms with Crippen LogP contribution in [0.25, 0.3) is 43.1 Å². The van der Waals surface area contributed by atoms with E-state index in [4.69, 9.17) is 40.7 Å². The van der Waals surface area contributed by atoms with E-state index in [1.807, 2.05) is 12.1 Å². The maximum absolute atomic E-state index is 14.0. The summed E-state index contributed by atoms with van der Waals surface area (Å²) >= 11 is 0. The highest BCUT2D eigenvalue weighted by molar-refractivity contribution is 7.51. The zero-order valence-corrected chi connectivity index (χ0v) is 21.2. The summed E-state index contributed by atoms with van der Waals surface area (Å²) in [5.41, 5.74) is 0.0766. The topological polar surface area (TPSA) is 151 Å². The molecule has 0 amide bonds. The third-order valence-electron chi connectivity index (χ3n) is 7.49. The molecule has 6 aliphatic rings. The number of phosphoric acid groups is 3. The largest absolute Gasteiger partial charge is 0.647 e. The number of carbonyl (C=O) groups is 1. The highest BCUT2D eigenvalue weighted by Crippen LogP contribution is 2.76. The number of hydrogen-bond donors (Lipinski definition) is 0. The fourth-order valence-electron chi connectivity index (χ4n) is 6.12. The van der Waals surface area contributed by atoms with Crippen molar-refractivity contribution in [3.8, 4) is 51.7 Å². The summed E-state index contributed by atoms with van der Waals surface area (Å²) in [6, 6.07) is 7.01. The minimum atomic E-state index is -4.37. The molecule has 0 spiro atoms. The maximum Gasteiger partial charge on any atom is 0.647 e. The molecule has 0 fully saturated rings. The van der Waals surface area contributed by atoms with E-state index in [1.165, 1.54) is 0 Å². The molecular formula is C23H5O13P3. The normalized spacial score (nSPS) is 28.0. The zero-order valence-electron chi connectivity index (χ0n) is 18.5. The number of benzene rings is 5. The van der Waals surface area contributed by atoms with E-state index in [0.717, 1.165) is 0 Å². The van der Waals surface area contributed by atoms with Gasteiger partial charge in [0.1, 0.15) is 0 Å². The van der Waals surface area contributed by atoms with Crippen LogP contribution < -0.4 is 40.7 Å². The monoisotopic (exact) mass is 582 g/mol. The predicted octanol–water partition coefficient (Wildman–Crippen LogP) is 6.93. The Morgan fingerprint density at radius 3 is 1.56 bits per heavy atom. The molecule has 6 bridgehead atoms. The summed E-state index contributed by atoms with van der Waals surface area (Å²) < 4.78 is 89.5. The Bertz CT molecular complexity index is 2400. The lowest BCUT2D eigenvalue weighted by atomic mass is 9.92. The molecule has 190 valence electrons. The summed E-state index contributed by atoms with van der Waals surface area (Å²) in [4.78, 5) is 12.2. The molecule has 0 saturated carbocycles. The Morgan fingerprint density at radius 2 is 0.923 bits per heavy atom. The average Bonchev–Trinajstić information content (AvgIpc) is 3.58. The lowest BCUT2D eigenvalue weighted by Gasteiger charge is -2.32. The lowest BCUT2D eigenvalue weighted by molar-refractivity contribution is 0.112. The summed E-state index contributed by atoms with van der Waals surface area (Å²) in [5, 5.41) is 3.65. The smallest absolute Gasteiger partial charge is 0.384 e. The van der Waals surface area contributed by atoms with Gasteiger partial charge in [0.2, 0.25) is 11.5 Å². The Labute approximate surface area is 213 Å². The van der Waals surface area contributed by atoms with E-state index in [9.17, 15) is 18.5 Å². The molecular weight excluding hydrogens is 577 g/mol. The first kappa shape index (κ1) is 19.7. The van der Waals surface area contributed by atoms with Crippen molar-refractivity contribution in [1.29, 1.82) is 0 Å². The first-order chi connectivity index (χ1) is 18.7. The van der Waals surface area contributed by atoms with Gasteiger partial charge in [-0.25, -0.2) is 0 Å². The fraction of sp³-hybridized carbons (Fsp3) is 0. The van der Waals surface area contributed by atoms with Crippen LogP contribution in [0, 0.1) is 0 Å². The molecule has 16 heteroatoms. The molecule has 0 radical (unpaired) electrons. The van der Waals surface area contributed by atoms with Crippen LogP contribution in [0.2, 0.25) is 0 Å². The van der Waals surface area contributed by atoms with Gasteiger partial charge in [0, 0.05) is 5.39 Å². The third-order valence-corrected chi connectivity index (χ3v) is 11.2. The van der Waals surface area contributed by atoms with Crippen molar-refractivity contribution < 1.29 is 59.2 Å². The van der Waals surface area contributed by atoms with Crippen molar-refractivity contribution in [2.24, 2.45) is 0 Å². The van der Waals surface area contributed by atoms with E-state index in [-0.39, 0.29) is 62.7 Å². The van der Waals surface area contributed by atoms with Crippen molar-refractivity contribution in [2.75, 3.05) is 0 Å². The van der Waals surface area contributed by atoms with Crippen LogP contribution in [-0.2, 0) is 13.7 Å². The number of fused-ring (bicyclic) bond motifs is 9. The second-order valence-electron chi connectivity index (χ2n) is 9.55. The van der Waals surface area contributed by atoms with Gasteiger partial charge in [-0.2, -0.15) is 13.7 Å². The standard InChI is InChI=1S/C23H5O13P3/c24-5-10-9-3-7-1-6-2-8-4-11-17-21(34-37(25,28-11)30-17)14(8)19-12(6)18-13(7)20(33-39(27,31-18)32-19)15(9)22-23-16(10)29-38(26,35-22)36-23/h1-5H. The third kappa shape index (κ3) is 1.98. The molecule has 0 aromatic heterocycles. The Kier molecular flexibility index (Phi) is 2.73. The van der Waals surface area contributed by atoms with Gasteiger partial charge >= 0.3 is 23.5 Å². The molecule has 13 nitrogen and oxygen atoms in total. The number of rotatable bonds is 1. The number of phosphoric ester groups is 3. The van der Waals surface area contributed by atoms with E-state index in [1.54, 1.807) is 12.1 Å². The van der Waals surface area contributed by atoms with Crippen LogP contribution in [0.15, 0.2) is 24.3 Å². The van der Waals surface area contributed by atoms with Crippen molar-refractivity contribution in [1.82, 2.24) is 0 Å². The van der Waals surface area contributed by atoms with E-state index in [2.05, 4.69) is 0 Å². The molecule has 6 heterocycles. The highest BCUT2D eigenvalue weighted by Gasteiger charge is 2.55. The SMILES string of the molecule is O=Cc1c2c3c(c4c5c6c7c8c(c9c%10c%11c(cc9cc8cc6cc14)OP(=O)(O%11)O%10)OP(=O)(O7)O5)OP(=O)(O2)O3. The van der Waals surface area contributed by atoms with Crippen LogP contribution in [0.1, 0.15) is 10.4 Å². The highest BCUT2D eigenvalue weighted by atomic mass is 31.2. The van der Waals surface area contributed by atoms with Crippen molar-refractivity contribution >= 4 is 72.8 Å². The van der Waals surface area contributed by atoms with Gasteiger partial charge < -0.3 is 40.7 Å². The van der Waals surface area contributed by atoms with Gasteiger partial charge in [0.25, 0.3) is 0 Å². The molecule has 39 heavy (non-hydrogen) atoms. The van der Waals surface area contributed by atoms with Gasteiger partial charge in [-0.1, -0.05) is 0 Å². The molecule has 0 aliphatic carbocycles. The average molecular weight is 582 g/mol. The molecule has 5 aromatic rings. The Morgan fingerprint density at radius 1 is 0.462 bits per heavy atom. The molecule has 11 rings (SSSR count). The first-order valence-electron chi connectivity index (χ1n) is 11.4. The number of aldehydes is 1. The number of hydrogen-bond acceptors (Lipinski definition) is 13. The van der Waals surface area contributed by atoms with Gasteiger partial charge in [0.05, 0.1) is 27.1 Å². The molecule has 3 unspecified atom stereocenters. The van der Waals surface area contributed by atoms with E-state index >= 15 is 0 Å². The fourth-order valence-corrected chi connectivity index (χ4v) is 10.0. The van der Waals surface area contributed by atoms with Gasteiger partial charge in [0.15, 0.2) is 46.5 Å². The van der Waals surface area contributed by atoms with Crippen molar-refractivity contribution in [3.05, 3.63) is 29.8 Å². The van der Waals surface area contributed by atoms with E-state index in [0.29, 0.717) is 44.0 Å². The second kappa shape index (κ2) is 5.40. The number of carbonyl (C=O) groups excluding carboxylic acids is 1. The summed E-state index contributed by atoms with van der Waals surface area (Å²) in [5.74, 6) is 1.06. The predicted molar refractivity (Wildman–Crippen MR) is 130 cm³/mol. The molecule has 3 atom stereocenters. The maximum atomic E-state index is 14.0. The van der Waals surface area contributed by atoms with Crippen molar-refractivity contribution in [3.63, 3.8) is 0 Å². The lowest BCUT2D eigenvalue weighted by Crippen LogP contribution is -2.16. The van der Waals surface area contributed by atoms with Crippen LogP contribution in [0.4, 0.5) is 0 Å². The second-order valence-corrected chi connectivity index (χ2v) is 13.9. The van der Waals surface area contributed by atoms with Crippen LogP contribution in [-0.4, -0.2) is 6.29 Å². The van der Waals surface area contributed by atoms with Gasteiger partial charge in [-0.15, -0.1) is 0 Å². The van der Waals surface area contributed by atoms with E-state index < -0.39 is 23.5 Å².